The van der Waals surface area contributed by atoms with Crippen molar-refractivity contribution in [2.75, 3.05) is 13.2 Å². The van der Waals surface area contributed by atoms with Crippen molar-refractivity contribution in [3.8, 4) is 0 Å². The number of amides is 1. The molecule has 0 radical (unpaired) electrons. The molecule has 0 aromatic rings. The number of carbonyl (C=O) groups excluding carboxylic acids is 2. The van der Waals surface area contributed by atoms with Crippen LogP contribution in [0.1, 0.15) is 380 Å². The minimum Gasteiger partial charge on any atom is -0.466 e. The Labute approximate surface area is 481 Å². The van der Waals surface area contributed by atoms with Crippen molar-refractivity contribution < 1.29 is 24.5 Å². The summed E-state index contributed by atoms with van der Waals surface area (Å²) in [7, 11) is 0. The second-order valence-corrected chi connectivity index (χ2v) is 23.9. The summed E-state index contributed by atoms with van der Waals surface area (Å²) >= 11 is 0. The average Bonchev–Trinajstić information content (AvgIpc) is 3.43. The molecular weight excluding hydrogens is 947 g/mol. The van der Waals surface area contributed by atoms with E-state index in [2.05, 4.69) is 43.5 Å². The van der Waals surface area contributed by atoms with E-state index in [1.54, 1.807) is 6.08 Å². The number of allylic oxidation sites excluding steroid dienone is 5. The fourth-order valence-electron chi connectivity index (χ4n) is 10.8. The molecule has 6 heteroatoms. The van der Waals surface area contributed by atoms with Crippen LogP contribution in [-0.4, -0.2) is 47.4 Å². The van der Waals surface area contributed by atoms with Gasteiger partial charge in [-0.1, -0.05) is 339 Å². The number of unbranched alkanes of at least 4 members (excludes halogenated alkanes) is 50. The first-order valence-electron chi connectivity index (χ1n) is 34.8. The molecule has 0 saturated heterocycles. The standard InChI is InChI=1S/C71H135NO5/c1-3-5-7-9-11-13-15-17-18-19-35-38-41-45-49-53-57-61-65-71(76)77-66-62-58-54-50-46-42-39-36-33-31-29-27-25-23-21-20-22-24-26-28-30-32-34-37-40-44-48-52-56-60-64-70(75)72-68(67-73)69(74)63-59-55-51-47-43-16-14-12-10-8-6-4-2/h13,15,18-19,59,63,68-69,73-74H,3-12,14,16-17,20-58,60-62,64-67H2,1-2H3,(H,72,75)/b15-13-,19-18-,63-59+. The first kappa shape index (κ1) is 75.1. The highest BCUT2D eigenvalue weighted by Crippen LogP contribution is 2.18. The number of aliphatic hydroxyl groups is 2. The van der Waals surface area contributed by atoms with Crippen LogP contribution in [0, 0.1) is 0 Å². The lowest BCUT2D eigenvalue weighted by atomic mass is 10.0. The number of aliphatic hydroxyl groups excluding tert-OH is 2. The number of carbonyl (C=O) groups is 2. The van der Waals surface area contributed by atoms with Crippen LogP contribution in [0.4, 0.5) is 0 Å². The molecule has 0 aliphatic rings. The molecule has 0 heterocycles. The van der Waals surface area contributed by atoms with E-state index in [-0.39, 0.29) is 18.5 Å². The summed E-state index contributed by atoms with van der Waals surface area (Å²) < 4.78 is 5.50. The molecule has 77 heavy (non-hydrogen) atoms. The van der Waals surface area contributed by atoms with Gasteiger partial charge in [-0.15, -0.1) is 0 Å². The van der Waals surface area contributed by atoms with Crippen LogP contribution < -0.4 is 5.32 Å². The molecule has 0 aromatic carbocycles. The van der Waals surface area contributed by atoms with E-state index < -0.39 is 12.1 Å². The number of esters is 1. The molecule has 3 N–H and O–H groups in total. The average molecular weight is 1080 g/mol. The van der Waals surface area contributed by atoms with Gasteiger partial charge in [-0.25, -0.2) is 0 Å². The van der Waals surface area contributed by atoms with Crippen LogP contribution in [0.15, 0.2) is 36.5 Å². The Hall–Kier alpha value is -1.92. The zero-order valence-electron chi connectivity index (χ0n) is 52.0. The van der Waals surface area contributed by atoms with Crippen molar-refractivity contribution in [2.24, 2.45) is 0 Å². The summed E-state index contributed by atoms with van der Waals surface area (Å²) in [5.74, 6) is -0.0508. The maximum atomic E-state index is 12.5. The molecule has 454 valence electrons. The van der Waals surface area contributed by atoms with Gasteiger partial charge in [0.25, 0.3) is 0 Å². The maximum absolute atomic E-state index is 12.5. The second kappa shape index (κ2) is 66.6. The number of hydrogen-bond donors (Lipinski definition) is 3. The van der Waals surface area contributed by atoms with Crippen LogP contribution in [0.5, 0.6) is 0 Å². The topological polar surface area (TPSA) is 95.9 Å². The van der Waals surface area contributed by atoms with E-state index in [9.17, 15) is 19.8 Å². The summed E-state index contributed by atoms with van der Waals surface area (Å²) in [6, 6.07) is -0.624. The summed E-state index contributed by atoms with van der Waals surface area (Å²) in [5.41, 5.74) is 0. The molecule has 1 amide bonds. The summed E-state index contributed by atoms with van der Waals surface area (Å²) in [6.45, 7) is 4.90. The lowest BCUT2D eigenvalue weighted by molar-refractivity contribution is -0.143. The van der Waals surface area contributed by atoms with E-state index in [0.29, 0.717) is 19.4 Å². The largest absolute Gasteiger partial charge is 0.466 e. The zero-order valence-corrected chi connectivity index (χ0v) is 52.0. The first-order chi connectivity index (χ1) is 38.0. The van der Waals surface area contributed by atoms with Gasteiger partial charge in [-0.05, 0) is 64.2 Å². The molecule has 0 aromatic heterocycles. The third-order valence-electron chi connectivity index (χ3n) is 16.2. The molecule has 0 spiro atoms. The fourth-order valence-corrected chi connectivity index (χ4v) is 10.8. The molecule has 2 atom stereocenters. The smallest absolute Gasteiger partial charge is 0.305 e. The number of ether oxygens (including phenoxy) is 1. The van der Waals surface area contributed by atoms with Crippen molar-refractivity contribution in [2.45, 2.75) is 392 Å². The Bertz CT molecular complexity index is 1250. The monoisotopic (exact) mass is 1080 g/mol. The number of hydrogen-bond acceptors (Lipinski definition) is 5. The highest BCUT2D eigenvalue weighted by atomic mass is 16.5. The van der Waals surface area contributed by atoms with E-state index in [4.69, 9.17) is 4.74 Å². The Balaban J connectivity index is 3.33. The van der Waals surface area contributed by atoms with Gasteiger partial charge in [0.15, 0.2) is 0 Å². The Morgan fingerprint density at radius 2 is 0.649 bits per heavy atom. The van der Waals surface area contributed by atoms with Crippen molar-refractivity contribution >= 4 is 11.9 Å². The SMILES string of the molecule is CCCCCC/C=C\C/C=C\CCCCCCCCCC(=O)OCCCCCCCCCCCCCCCCCCCCCCCCCCCCCCCCC(=O)NC(CO)C(O)/C=C/CCCCCCCCCCCC. The summed E-state index contributed by atoms with van der Waals surface area (Å²) in [6.07, 6.45) is 85.1. The van der Waals surface area contributed by atoms with E-state index >= 15 is 0 Å². The minimum absolute atomic E-state index is 0.0127. The van der Waals surface area contributed by atoms with Crippen LogP contribution >= 0.6 is 0 Å². The van der Waals surface area contributed by atoms with Crippen molar-refractivity contribution in [1.82, 2.24) is 5.32 Å². The number of rotatable bonds is 65. The van der Waals surface area contributed by atoms with Gasteiger partial charge < -0.3 is 20.3 Å². The highest BCUT2D eigenvalue weighted by molar-refractivity contribution is 5.76. The lowest BCUT2D eigenvalue weighted by Crippen LogP contribution is -2.45. The normalized spacial score (nSPS) is 12.7. The predicted molar refractivity (Wildman–Crippen MR) is 338 cm³/mol. The van der Waals surface area contributed by atoms with Crippen molar-refractivity contribution in [1.29, 1.82) is 0 Å². The Kier molecular flexibility index (Phi) is 64.9. The van der Waals surface area contributed by atoms with Gasteiger partial charge in [0.05, 0.1) is 25.4 Å². The third-order valence-corrected chi connectivity index (χ3v) is 16.2. The minimum atomic E-state index is -0.840. The van der Waals surface area contributed by atoms with Gasteiger partial charge in [0.2, 0.25) is 5.91 Å². The zero-order chi connectivity index (χ0) is 55.7. The van der Waals surface area contributed by atoms with E-state index in [1.165, 1.54) is 302 Å². The Morgan fingerprint density at radius 1 is 0.364 bits per heavy atom. The molecule has 0 aliphatic carbocycles. The third kappa shape index (κ3) is 63.1. The van der Waals surface area contributed by atoms with E-state index in [1.807, 2.05) is 6.08 Å². The highest BCUT2D eigenvalue weighted by Gasteiger charge is 2.18. The molecule has 0 fully saturated rings. The van der Waals surface area contributed by atoms with Gasteiger partial charge >= 0.3 is 5.97 Å². The Morgan fingerprint density at radius 3 is 1.00 bits per heavy atom. The van der Waals surface area contributed by atoms with Crippen LogP contribution in [-0.2, 0) is 14.3 Å². The van der Waals surface area contributed by atoms with Gasteiger partial charge in [-0.3, -0.25) is 9.59 Å². The molecule has 0 aliphatic heterocycles. The quantitative estimate of drug-likeness (QED) is 0.0320. The second-order valence-electron chi connectivity index (χ2n) is 23.9. The van der Waals surface area contributed by atoms with Crippen molar-refractivity contribution in [3.63, 3.8) is 0 Å². The van der Waals surface area contributed by atoms with Crippen LogP contribution in [0.2, 0.25) is 0 Å². The van der Waals surface area contributed by atoms with Gasteiger partial charge in [0.1, 0.15) is 0 Å². The maximum Gasteiger partial charge on any atom is 0.305 e. The first-order valence-corrected chi connectivity index (χ1v) is 34.8. The molecule has 0 bridgehead atoms. The predicted octanol–water partition coefficient (Wildman–Crippen LogP) is 22.3. The summed E-state index contributed by atoms with van der Waals surface area (Å²) in [4.78, 5) is 24.6. The molecule has 6 nitrogen and oxygen atoms in total. The molecule has 0 saturated carbocycles. The summed E-state index contributed by atoms with van der Waals surface area (Å²) in [5, 5.41) is 23.1. The van der Waals surface area contributed by atoms with Gasteiger partial charge in [-0.2, -0.15) is 0 Å². The number of nitrogens with one attached hydrogen (secondary N) is 1. The molecular formula is C71H135NO5. The van der Waals surface area contributed by atoms with Crippen LogP contribution in [0.25, 0.3) is 0 Å². The van der Waals surface area contributed by atoms with Gasteiger partial charge in [0, 0.05) is 12.8 Å². The molecule has 2 unspecified atom stereocenters. The van der Waals surface area contributed by atoms with Crippen LogP contribution in [0.3, 0.4) is 0 Å². The lowest BCUT2D eigenvalue weighted by Gasteiger charge is -2.20. The van der Waals surface area contributed by atoms with Crippen molar-refractivity contribution in [3.05, 3.63) is 36.5 Å². The fraction of sp³-hybridized carbons (Fsp3) is 0.887. The molecule has 0 rings (SSSR count). The van der Waals surface area contributed by atoms with E-state index in [0.717, 1.165) is 51.4 Å².